The molecule has 1 amide bonds. The van der Waals surface area contributed by atoms with Gasteiger partial charge >= 0.3 is 5.97 Å². The van der Waals surface area contributed by atoms with Crippen LogP contribution in [0.25, 0.3) is 0 Å². The van der Waals surface area contributed by atoms with Gasteiger partial charge in [-0.1, -0.05) is 63.7 Å². The number of thioether (sulfide) groups is 1. The van der Waals surface area contributed by atoms with Gasteiger partial charge in [0.25, 0.3) is 0 Å². The van der Waals surface area contributed by atoms with E-state index in [1.54, 1.807) is 11.8 Å². The number of hydrogen-bond acceptors (Lipinski definition) is 5. The van der Waals surface area contributed by atoms with E-state index in [9.17, 15) is 9.59 Å². The van der Waals surface area contributed by atoms with Crippen molar-refractivity contribution in [2.24, 2.45) is 4.99 Å². The topological polar surface area (TPSA) is 59.0 Å². The standard InChI is InChI=1S/C22H28N2O3S/c1-7-16-19(25)24-18(14-9-11-15(12-10-14)22(4,5)6)17(20(26)27-8-2)13(3)23-21(24)28-16/h9-12,16,18H,7-8H2,1-6H3. The fraction of sp³-hybridized carbons (Fsp3) is 0.500. The SMILES string of the molecule is CCOC(=O)C1=C(C)N=C2SC(CC)C(=O)N2C1c1ccc(C(C)(C)C)cc1. The van der Waals surface area contributed by atoms with E-state index in [2.05, 4.69) is 37.9 Å². The Morgan fingerprint density at radius 2 is 1.86 bits per heavy atom. The highest BCUT2D eigenvalue weighted by atomic mass is 32.2. The molecule has 2 aliphatic rings. The van der Waals surface area contributed by atoms with Gasteiger partial charge in [-0.3, -0.25) is 9.69 Å². The third-order valence-electron chi connectivity index (χ3n) is 5.11. The van der Waals surface area contributed by atoms with Crippen LogP contribution in [0.1, 0.15) is 65.1 Å². The Kier molecular flexibility index (Phi) is 5.71. The van der Waals surface area contributed by atoms with Crippen molar-refractivity contribution in [2.45, 2.75) is 64.7 Å². The number of amides is 1. The molecule has 28 heavy (non-hydrogen) atoms. The molecule has 1 aromatic rings. The molecule has 5 nitrogen and oxygen atoms in total. The third-order valence-corrected chi connectivity index (χ3v) is 6.43. The first-order chi connectivity index (χ1) is 13.2. The van der Waals surface area contributed by atoms with Crippen molar-refractivity contribution in [3.63, 3.8) is 0 Å². The quantitative estimate of drug-likeness (QED) is 0.694. The Bertz CT molecular complexity index is 850. The zero-order valence-corrected chi connectivity index (χ0v) is 18.2. The molecule has 150 valence electrons. The summed E-state index contributed by atoms with van der Waals surface area (Å²) in [7, 11) is 0. The minimum Gasteiger partial charge on any atom is -0.463 e. The molecule has 1 fully saturated rings. The lowest BCUT2D eigenvalue weighted by molar-refractivity contribution is -0.139. The third kappa shape index (κ3) is 3.62. The number of carbonyl (C=O) groups is 2. The number of hydrogen-bond donors (Lipinski definition) is 0. The Hall–Kier alpha value is -2.08. The molecule has 6 heteroatoms. The summed E-state index contributed by atoms with van der Waals surface area (Å²) in [5.74, 6) is -0.407. The van der Waals surface area contributed by atoms with E-state index >= 15 is 0 Å². The Morgan fingerprint density at radius 1 is 1.21 bits per heavy atom. The monoisotopic (exact) mass is 400 g/mol. The predicted molar refractivity (Wildman–Crippen MR) is 113 cm³/mol. The maximum atomic E-state index is 13.1. The Labute approximate surface area is 171 Å². The first-order valence-corrected chi connectivity index (χ1v) is 10.6. The summed E-state index contributed by atoms with van der Waals surface area (Å²) in [6.07, 6.45) is 0.725. The highest BCUT2D eigenvalue weighted by Crippen LogP contribution is 2.44. The van der Waals surface area contributed by atoms with Gasteiger partial charge in [0.05, 0.1) is 29.2 Å². The van der Waals surface area contributed by atoms with Crippen LogP contribution >= 0.6 is 11.8 Å². The number of aliphatic imine (C=N–C) groups is 1. The molecule has 2 aliphatic heterocycles. The normalized spacial score (nSPS) is 22.3. The average molecular weight is 401 g/mol. The molecule has 2 unspecified atom stereocenters. The van der Waals surface area contributed by atoms with Crippen LogP contribution in [0.3, 0.4) is 0 Å². The van der Waals surface area contributed by atoms with Crippen LogP contribution in [-0.4, -0.2) is 33.8 Å². The summed E-state index contributed by atoms with van der Waals surface area (Å²) in [6, 6.07) is 7.67. The molecule has 0 N–H and O–H groups in total. The maximum Gasteiger partial charge on any atom is 0.338 e. The Balaban J connectivity index is 2.11. The molecule has 3 rings (SSSR count). The lowest BCUT2D eigenvalue weighted by Crippen LogP contribution is -2.40. The highest BCUT2D eigenvalue weighted by molar-refractivity contribution is 8.15. The van der Waals surface area contributed by atoms with Gasteiger partial charge < -0.3 is 4.74 Å². The molecule has 1 aromatic carbocycles. The van der Waals surface area contributed by atoms with E-state index in [0.29, 0.717) is 16.4 Å². The van der Waals surface area contributed by atoms with Crippen molar-refractivity contribution in [2.75, 3.05) is 6.61 Å². The van der Waals surface area contributed by atoms with Crippen LogP contribution in [-0.2, 0) is 19.7 Å². The fourth-order valence-electron chi connectivity index (χ4n) is 3.54. The highest BCUT2D eigenvalue weighted by Gasteiger charge is 2.47. The molecule has 1 saturated heterocycles. The van der Waals surface area contributed by atoms with Gasteiger partial charge in [-0.25, -0.2) is 9.79 Å². The summed E-state index contributed by atoms with van der Waals surface area (Å²) < 4.78 is 5.31. The second-order valence-corrected chi connectivity index (χ2v) is 9.28. The van der Waals surface area contributed by atoms with Crippen LogP contribution in [0.15, 0.2) is 40.5 Å². The number of benzene rings is 1. The number of carbonyl (C=O) groups excluding carboxylic acids is 2. The summed E-state index contributed by atoms with van der Waals surface area (Å²) in [5, 5.41) is 0.511. The van der Waals surface area contributed by atoms with Crippen molar-refractivity contribution in [1.29, 1.82) is 0 Å². The zero-order valence-electron chi connectivity index (χ0n) is 17.4. The minimum atomic E-state index is -0.503. The lowest BCUT2D eigenvalue weighted by atomic mass is 9.85. The molecular formula is C22H28N2O3S. The number of fused-ring (bicyclic) bond motifs is 1. The van der Waals surface area contributed by atoms with Crippen molar-refractivity contribution in [1.82, 2.24) is 4.90 Å². The smallest absolute Gasteiger partial charge is 0.338 e. The van der Waals surface area contributed by atoms with Crippen LogP contribution in [0.2, 0.25) is 0 Å². The molecule has 0 saturated carbocycles. The van der Waals surface area contributed by atoms with E-state index in [4.69, 9.17) is 4.74 Å². The predicted octanol–water partition coefficient (Wildman–Crippen LogP) is 4.59. The number of allylic oxidation sites excluding steroid dienone is 1. The number of amidine groups is 1. The van der Waals surface area contributed by atoms with E-state index in [1.165, 1.54) is 17.3 Å². The largest absolute Gasteiger partial charge is 0.463 e. The molecule has 0 spiro atoms. The van der Waals surface area contributed by atoms with Gasteiger partial charge in [-0.15, -0.1) is 0 Å². The summed E-state index contributed by atoms with van der Waals surface area (Å²) in [4.78, 5) is 32.1. The van der Waals surface area contributed by atoms with Gasteiger partial charge in [0, 0.05) is 0 Å². The molecule has 0 aliphatic carbocycles. The number of ether oxygens (including phenoxy) is 1. The summed E-state index contributed by atoms with van der Waals surface area (Å²) >= 11 is 1.48. The lowest BCUT2D eigenvalue weighted by Gasteiger charge is -2.33. The molecule has 2 heterocycles. The van der Waals surface area contributed by atoms with E-state index in [1.807, 2.05) is 26.0 Å². The van der Waals surface area contributed by atoms with Crippen LogP contribution in [0.5, 0.6) is 0 Å². The summed E-state index contributed by atoms with van der Waals surface area (Å²) in [6.45, 7) is 12.4. The minimum absolute atomic E-state index is 0.00504. The van der Waals surface area contributed by atoms with Gasteiger partial charge in [-0.2, -0.15) is 0 Å². The van der Waals surface area contributed by atoms with Crippen molar-refractivity contribution < 1.29 is 14.3 Å². The van der Waals surface area contributed by atoms with Crippen molar-refractivity contribution >= 4 is 28.8 Å². The van der Waals surface area contributed by atoms with Crippen LogP contribution in [0, 0.1) is 0 Å². The first kappa shape index (κ1) is 20.6. The number of nitrogens with zero attached hydrogens (tertiary/aromatic N) is 2. The zero-order chi connectivity index (χ0) is 20.6. The van der Waals surface area contributed by atoms with E-state index < -0.39 is 12.0 Å². The molecule has 0 aromatic heterocycles. The Morgan fingerprint density at radius 3 is 2.39 bits per heavy atom. The summed E-state index contributed by atoms with van der Waals surface area (Å²) in [5.41, 5.74) is 3.19. The molecular weight excluding hydrogens is 372 g/mol. The fourth-order valence-corrected chi connectivity index (χ4v) is 4.67. The van der Waals surface area contributed by atoms with Crippen LogP contribution in [0.4, 0.5) is 0 Å². The van der Waals surface area contributed by atoms with E-state index in [0.717, 1.165) is 12.0 Å². The van der Waals surface area contributed by atoms with Crippen molar-refractivity contribution in [3.05, 3.63) is 46.7 Å². The van der Waals surface area contributed by atoms with Gasteiger partial charge in [0.15, 0.2) is 5.17 Å². The average Bonchev–Trinajstić information content (AvgIpc) is 2.95. The second-order valence-electron chi connectivity index (χ2n) is 8.11. The van der Waals surface area contributed by atoms with Gasteiger partial charge in [-0.05, 0) is 36.8 Å². The van der Waals surface area contributed by atoms with E-state index in [-0.39, 0.29) is 23.2 Å². The van der Waals surface area contributed by atoms with Gasteiger partial charge in [0.1, 0.15) is 0 Å². The second kappa shape index (κ2) is 7.74. The maximum absolute atomic E-state index is 13.1. The van der Waals surface area contributed by atoms with Crippen LogP contribution < -0.4 is 0 Å². The molecule has 0 bridgehead atoms. The number of esters is 1. The van der Waals surface area contributed by atoms with Crippen molar-refractivity contribution in [3.8, 4) is 0 Å². The molecule has 2 atom stereocenters. The first-order valence-electron chi connectivity index (χ1n) is 9.75. The van der Waals surface area contributed by atoms with Gasteiger partial charge in [0.2, 0.25) is 5.91 Å². The number of rotatable bonds is 4. The molecule has 0 radical (unpaired) electrons.